The molecule has 1 fully saturated rings. The second kappa shape index (κ2) is 11.2. The number of carbonyl (C=O) groups is 1. The van der Waals surface area contributed by atoms with Crippen LogP contribution < -0.4 is 5.32 Å². The number of imidazole rings is 1. The van der Waals surface area contributed by atoms with Crippen LogP contribution in [-0.2, 0) is 16.1 Å². The zero-order valence-corrected chi connectivity index (χ0v) is 20.1. The molecule has 0 spiro atoms. The van der Waals surface area contributed by atoms with Crippen molar-refractivity contribution in [1.82, 2.24) is 14.5 Å². The van der Waals surface area contributed by atoms with Crippen LogP contribution in [0, 0.1) is 12.8 Å². The van der Waals surface area contributed by atoms with E-state index in [0.717, 1.165) is 48.6 Å². The number of benzene rings is 2. The first-order valence-electron chi connectivity index (χ1n) is 12.0. The predicted molar refractivity (Wildman–Crippen MR) is 135 cm³/mol. The van der Waals surface area contributed by atoms with Gasteiger partial charge in [-0.2, -0.15) is 0 Å². The molecule has 1 aliphatic rings. The molecule has 0 aliphatic carbocycles. The maximum absolute atomic E-state index is 13.5. The minimum atomic E-state index is -0.428. The van der Waals surface area contributed by atoms with E-state index < -0.39 is 6.04 Å². The van der Waals surface area contributed by atoms with Crippen molar-refractivity contribution < 1.29 is 9.53 Å². The second-order valence-electron chi connectivity index (χ2n) is 8.98. The van der Waals surface area contributed by atoms with Crippen molar-refractivity contribution in [3.05, 3.63) is 96.1 Å². The van der Waals surface area contributed by atoms with Crippen LogP contribution in [0.2, 0.25) is 0 Å². The van der Waals surface area contributed by atoms with Crippen molar-refractivity contribution in [2.24, 2.45) is 5.92 Å². The number of aromatic nitrogens is 2. The van der Waals surface area contributed by atoms with Crippen LogP contribution in [-0.4, -0.2) is 40.1 Å². The Morgan fingerprint density at radius 1 is 1.09 bits per heavy atom. The number of hydrogen-bond acceptors (Lipinski definition) is 4. The smallest absolute Gasteiger partial charge is 0.250 e. The van der Waals surface area contributed by atoms with Crippen molar-refractivity contribution in [3.8, 4) is 0 Å². The number of nitrogens with zero attached hydrogens (tertiary/aromatic N) is 3. The summed E-state index contributed by atoms with van der Waals surface area (Å²) in [6.45, 7) is 11.0. The van der Waals surface area contributed by atoms with Crippen LogP contribution in [0.5, 0.6) is 0 Å². The minimum absolute atomic E-state index is 0.102. The lowest BCUT2D eigenvalue weighted by Gasteiger charge is -2.25. The highest BCUT2D eigenvalue weighted by Crippen LogP contribution is 2.27. The first-order valence-corrected chi connectivity index (χ1v) is 12.0. The van der Waals surface area contributed by atoms with E-state index in [1.807, 2.05) is 71.1 Å². The number of anilines is 1. The maximum Gasteiger partial charge on any atom is 0.250 e. The van der Waals surface area contributed by atoms with Gasteiger partial charge < -0.3 is 19.5 Å². The fraction of sp³-hybridized carbons (Fsp3) is 0.357. The zero-order chi connectivity index (χ0) is 23.9. The van der Waals surface area contributed by atoms with Crippen LogP contribution in [0.3, 0.4) is 0 Å². The van der Waals surface area contributed by atoms with Gasteiger partial charge in [0.2, 0.25) is 5.91 Å². The quantitative estimate of drug-likeness (QED) is 0.455. The number of rotatable bonds is 10. The van der Waals surface area contributed by atoms with Crippen LogP contribution in [0.25, 0.3) is 0 Å². The molecule has 0 saturated carbocycles. The fourth-order valence-electron chi connectivity index (χ4n) is 4.29. The second-order valence-corrected chi connectivity index (χ2v) is 8.98. The lowest BCUT2D eigenvalue weighted by molar-refractivity contribution is -0.132. The van der Waals surface area contributed by atoms with E-state index in [1.165, 1.54) is 0 Å². The van der Waals surface area contributed by atoms with E-state index in [4.69, 9.17) is 9.72 Å². The number of amides is 1. The fourth-order valence-corrected chi connectivity index (χ4v) is 4.29. The SMILES string of the molecule is C=C(Nc1cn(C(C(=O)N2CCCC2)c2ccccc2)c(C)n1)C(C)COCc1ccccc1. The highest BCUT2D eigenvalue weighted by Gasteiger charge is 2.30. The summed E-state index contributed by atoms with van der Waals surface area (Å²) in [6.07, 6.45) is 4.05. The normalized spacial score (nSPS) is 15.2. The Kier molecular flexibility index (Phi) is 7.80. The van der Waals surface area contributed by atoms with Crippen LogP contribution in [0.1, 0.15) is 42.8 Å². The van der Waals surface area contributed by atoms with Crippen molar-refractivity contribution in [3.63, 3.8) is 0 Å². The average Bonchev–Trinajstić information content (AvgIpc) is 3.51. The lowest BCUT2D eigenvalue weighted by Crippen LogP contribution is -2.36. The van der Waals surface area contributed by atoms with Gasteiger partial charge in [0, 0.05) is 30.9 Å². The third-order valence-electron chi connectivity index (χ3n) is 6.33. The Labute approximate surface area is 202 Å². The van der Waals surface area contributed by atoms with Gasteiger partial charge in [-0.05, 0) is 30.9 Å². The summed E-state index contributed by atoms with van der Waals surface area (Å²) in [5, 5.41) is 3.34. The summed E-state index contributed by atoms with van der Waals surface area (Å²) >= 11 is 0. The van der Waals surface area contributed by atoms with Crippen molar-refractivity contribution >= 4 is 11.7 Å². The molecule has 34 heavy (non-hydrogen) atoms. The number of likely N-dealkylation sites (tertiary alicyclic amines) is 1. The van der Waals surface area contributed by atoms with Crippen LogP contribution in [0.15, 0.2) is 79.1 Å². The first kappa shape index (κ1) is 23.8. The van der Waals surface area contributed by atoms with Gasteiger partial charge >= 0.3 is 0 Å². The largest absolute Gasteiger partial charge is 0.376 e. The Balaban J connectivity index is 1.44. The number of carbonyl (C=O) groups excluding carboxylic acids is 1. The van der Waals surface area contributed by atoms with E-state index >= 15 is 0 Å². The molecule has 4 rings (SSSR count). The van der Waals surface area contributed by atoms with Gasteiger partial charge in [0.15, 0.2) is 0 Å². The van der Waals surface area contributed by atoms with Crippen LogP contribution >= 0.6 is 0 Å². The summed E-state index contributed by atoms with van der Waals surface area (Å²) < 4.78 is 7.85. The van der Waals surface area contributed by atoms with E-state index in [9.17, 15) is 4.79 Å². The van der Waals surface area contributed by atoms with Crippen molar-refractivity contribution in [2.75, 3.05) is 25.0 Å². The number of aryl methyl sites for hydroxylation is 1. The molecular weight excluding hydrogens is 424 g/mol. The number of nitrogens with one attached hydrogen (secondary N) is 1. The van der Waals surface area contributed by atoms with Gasteiger partial charge in [0.1, 0.15) is 17.7 Å². The molecule has 1 amide bonds. The average molecular weight is 459 g/mol. The summed E-state index contributed by atoms with van der Waals surface area (Å²) in [5.74, 6) is 1.69. The Morgan fingerprint density at radius 3 is 2.41 bits per heavy atom. The maximum atomic E-state index is 13.5. The van der Waals surface area contributed by atoms with Crippen molar-refractivity contribution in [2.45, 2.75) is 39.3 Å². The topological polar surface area (TPSA) is 59.4 Å². The molecule has 0 radical (unpaired) electrons. The van der Waals surface area contributed by atoms with Gasteiger partial charge in [0.05, 0.1) is 13.2 Å². The molecule has 0 bridgehead atoms. The summed E-state index contributed by atoms with van der Waals surface area (Å²) in [7, 11) is 0. The molecule has 3 aromatic rings. The minimum Gasteiger partial charge on any atom is -0.376 e. The van der Waals surface area contributed by atoms with Gasteiger partial charge in [0.25, 0.3) is 0 Å². The standard InChI is InChI=1S/C28H34N4O2/c1-21(19-34-20-24-12-6-4-7-13-24)22(2)29-26-18-32(23(3)30-26)27(25-14-8-5-9-15-25)28(33)31-16-10-11-17-31/h4-9,12-15,18,21,27,29H,2,10-11,16-17,19-20H2,1,3H3. The summed E-state index contributed by atoms with van der Waals surface area (Å²) in [6, 6.07) is 19.7. The van der Waals surface area contributed by atoms with Crippen LogP contribution in [0.4, 0.5) is 5.82 Å². The van der Waals surface area contributed by atoms with E-state index in [0.29, 0.717) is 19.0 Å². The molecule has 2 aromatic carbocycles. The Hall–Kier alpha value is -3.38. The monoisotopic (exact) mass is 458 g/mol. The predicted octanol–water partition coefficient (Wildman–Crippen LogP) is 5.18. The Bertz CT molecular complexity index is 1090. The molecule has 178 valence electrons. The molecule has 2 unspecified atom stereocenters. The molecule has 1 aromatic heterocycles. The van der Waals surface area contributed by atoms with E-state index in [1.54, 1.807) is 0 Å². The van der Waals surface area contributed by atoms with Gasteiger partial charge in [-0.1, -0.05) is 74.2 Å². The highest BCUT2D eigenvalue weighted by molar-refractivity contribution is 5.84. The molecule has 6 nitrogen and oxygen atoms in total. The lowest BCUT2D eigenvalue weighted by atomic mass is 10.1. The third kappa shape index (κ3) is 5.75. The van der Waals surface area contributed by atoms with Crippen molar-refractivity contribution in [1.29, 1.82) is 0 Å². The number of ether oxygens (including phenoxy) is 1. The highest BCUT2D eigenvalue weighted by atomic mass is 16.5. The van der Waals surface area contributed by atoms with E-state index in [2.05, 4.69) is 31.0 Å². The molecule has 1 saturated heterocycles. The van der Waals surface area contributed by atoms with Gasteiger partial charge in [-0.15, -0.1) is 0 Å². The molecule has 2 atom stereocenters. The summed E-state index contributed by atoms with van der Waals surface area (Å²) in [4.78, 5) is 20.2. The molecule has 2 heterocycles. The van der Waals surface area contributed by atoms with Gasteiger partial charge in [-0.25, -0.2) is 4.98 Å². The first-order chi connectivity index (χ1) is 16.5. The molecule has 1 aliphatic heterocycles. The zero-order valence-electron chi connectivity index (χ0n) is 20.1. The molecular formula is C28H34N4O2. The third-order valence-corrected chi connectivity index (χ3v) is 6.33. The molecule has 1 N–H and O–H groups in total. The van der Waals surface area contributed by atoms with E-state index in [-0.39, 0.29) is 11.8 Å². The summed E-state index contributed by atoms with van der Waals surface area (Å²) in [5.41, 5.74) is 2.95. The molecule has 6 heteroatoms. The van der Waals surface area contributed by atoms with Gasteiger partial charge in [-0.3, -0.25) is 4.79 Å². The number of hydrogen-bond donors (Lipinski definition) is 1. The Morgan fingerprint density at radius 2 is 1.74 bits per heavy atom.